The van der Waals surface area contributed by atoms with Crippen molar-refractivity contribution in [2.75, 3.05) is 6.54 Å². The molecule has 3 nitrogen and oxygen atoms in total. The van der Waals surface area contributed by atoms with Crippen molar-refractivity contribution in [1.29, 1.82) is 0 Å². The molecular weight excluding hydrogens is 238 g/mol. The minimum Gasteiger partial charge on any atom is -0.460 e. The Bertz CT molecular complexity index is 447. The van der Waals surface area contributed by atoms with E-state index in [0.717, 1.165) is 5.56 Å². The second-order valence-electron chi connectivity index (χ2n) is 6.10. The Morgan fingerprint density at radius 2 is 1.95 bits per heavy atom. The van der Waals surface area contributed by atoms with Crippen molar-refractivity contribution >= 4 is 5.97 Å². The molecule has 0 aliphatic carbocycles. The number of rotatable bonds is 4. The van der Waals surface area contributed by atoms with Gasteiger partial charge in [0, 0.05) is 6.54 Å². The Labute approximate surface area is 116 Å². The van der Waals surface area contributed by atoms with E-state index in [0.29, 0.717) is 13.0 Å². The molecule has 1 aromatic rings. The van der Waals surface area contributed by atoms with Crippen LogP contribution >= 0.6 is 0 Å². The quantitative estimate of drug-likeness (QED) is 0.850. The standard InChI is InChI=1S/C16H25NO2/c1-11-6-7-13(12(2)8-11)9-14(10-17)15(18)19-16(3,4)5/h6-8,14H,9-10,17H2,1-5H3. The van der Waals surface area contributed by atoms with Crippen molar-refractivity contribution in [3.05, 3.63) is 34.9 Å². The highest BCUT2D eigenvalue weighted by atomic mass is 16.6. The molecule has 1 rings (SSSR count). The van der Waals surface area contributed by atoms with Crippen molar-refractivity contribution in [3.8, 4) is 0 Å². The van der Waals surface area contributed by atoms with Gasteiger partial charge in [-0.15, -0.1) is 0 Å². The first kappa shape index (κ1) is 15.7. The van der Waals surface area contributed by atoms with E-state index in [9.17, 15) is 4.79 Å². The molecule has 106 valence electrons. The number of carbonyl (C=O) groups is 1. The summed E-state index contributed by atoms with van der Waals surface area (Å²) >= 11 is 0. The van der Waals surface area contributed by atoms with E-state index in [2.05, 4.69) is 32.0 Å². The molecule has 1 atom stereocenters. The number of hydrogen-bond donors (Lipinski definition) is 1. The number of benzene rings is 1. The van der Waals surface area contributed by atoms with Crippen LogP contribution in [0.2, 0.25) is 0 Å². The average Bonchev–Trinajstić information content (AvgIpc) is 2.25. The first-order valence-electron chi connectivity index (χ1n) is 6.72. The van der Waals surface area contributed by atoms with Crippen LogP contribution in [-0.2, 0) is 16.0 Å². The molecule has 2 N–H and O–H groups in total. The van der Waals surface area contributed by atoms with E-state index >= 15 is 0 Å². The lowest BCUT2D eigenvalue weighted by Gasteiger charge is -2.23. The molecule has 3 heteroatoms. The van der Waals surface area contributed by atoms with Crippen LogP contribution < -0.4 is 5.73 Å². The van der Waals surface area contributed by atoms with Gasteiger partial charge in [-0.25, -0.2) is 0 Å². The number of ether oxygens (including phenoxy) is 1. The van der Waals surface area contributed by atoms with E-state index in [1.54, 1.807) is 0 Å². The normalized spacial score (nSPS) is 13.2. The van der Waals surface area contributed by atoms with Crippen molar-refractivity contribution in [2.45, 2.75) is 46.6 Å². The van der Waals surface area contributed by atoms with Crippen LogP contribution in [0.15, 0.2) is 18.2 Å². The number of nitrogens with two attached hydrogens (primary N) is 1. The molecule has 0 radical (unpaired) electrons. The zero-order valence-corrected chi connectivity index (χ0v) is 12.6. The average molecular weight is 263 g/mol. The Hall–Kier alpha value is -1.35. The van der Waals surface area contributed by atoms with Crippen molar-refractivity contribution in [1.82, 2.24) is 0 Å². The van der Waals surface area contributed by atoms with E-state index in [-0.39, 0.29) is 11.9 Å². The van der Waals surface area contributed by atoms with Crippen LogP contribution in [0.5, 0.6) is 0 Å². The first-order valence-corrected chi connectivity index (χ1v) is 6.72. The summed E-state index contributed by atoms with van der Waals surface area (Å²) in [5.74, 6) is -0.490. The maximum atomic E-state index is 12.1. The van der Waals surface area contributed by atoms with Gasteiger partial charge in [-0.1, -0.05) is 23.8 Å². The maximum absolute atomic E-state index is 12.1. The van der Waals surface area contributed by atoms with E-state index in [1.165, 1.54) is 11.1 Å². The molecule has 1 aromatic carbocycles. The van der Waals surface area contributed by atoms with Crippen LogP contribution in [0.1, 0.15) is 37.5 Å². The van der Waals surface area contributed by atoms with Crippen LogP contribution in [0, 0.1) is 19.8 Å². The van der Waals surface area contributed by atoms with Gasteiger partial charge in [-0.05, 0) is 52.2 Å². The van der Waals surface area contributed by atoms with Gasteiger partial charge in [0.25, 0.3) is 0 Å². The van der Waals surface area contributed by atoms with E-state index in [4.69, 9.17) is 10.5 Å². The monoisotopic (exact) mass is 263 g/mol. The molecule has 0 saturated carbocycles. The molecule has 0 spiro atoms. The van der Waals surface area contributed by atoms with Crippen molar-refractivity contribution in [3.63, 3.8) is 0 Å². The predicted octanol–water partition coefficient (Wildman–Crippen LogP) is 2.76. The summed E-state index contributed by atoms with van der Waals surface area (Å²) in [5, 5.41) is 0. The SMILES string of the molecule is Cc1ccc(CC(CN)C(=O)OC(C)(C)C)c(C)c1. The third-order valence-corrected chi connectivity index (χ3v) is 2.99. The summed E-state index contributed by atoms with van der Waals surface area (Å²) in [4.78, 5) is 12.1. The smallest absolute Gasteiger partial charge is 0.311 e. The summed E-state index contributed by atoms with van der Waals surface area (Å²) in [7, 11) is 0. The topological polar surface area (TPSA) is 52.3 Å². The van der Waals surface area contributed by atoms with Gasteiger partial charge in [0.1, 0.15) is 5.60 Å². The second kappa shape index (κ2) is 6.20. The third-order valence-electron chi connectivity index (χ3n) is 2.99. The van der Waals surface area contributed by atoms with Gasteiger partial charge < -0.3 is 10.5 Å². The Morgan fingerprint density at radius 1 is 1.32 bits per heavy atom. The molecule has 0 bridgehead atoms. The molecule has 0 heterocycles. The summed E-state index contributed by atoms with van der Waals surface area (Å²) < 4.78 is 5.41. The molecule has 0 saturated heterocycles. The van der Waals surface area contributed by atoms with Crippen LogP contribution in [0.4, 0.5) is 0 Å². The van der Waals surface area contributed by atoms with E-state index < -0.39 is 5.60 Å². The Kier molecular flexibility index (Phi) is 5.12. The van der Waals surface area contributed by atoms with E-state index in [1.807, 2.05) is 20.8 Å². The van der Waals surface area contributed by atoms with Gasteiger partial charge in [0.2, 0.25) is 0 Å². The second-order valence-corrected chi connectivity index (χ2v) is 6.10. The van der Waals surface area contributed by atoms with Gasteiger partial charge in [0.15, 0.2) is 0 Å². The molecule has 0 aliphatic heterocycles. The number of aryl methyl sites for hydroxylation is 2. The fraction of sp³-hybridized carbons (Fsp3) is 0.562. The lowest BCUT2D eigenvalue weighted by molar-refractivity contribution is -0.159. The minimum atomic E-state index is -0.465. The van der Waals surface area contributed by atoms with Crippen molar-refractivity contribution in [2.24, 2.45) is 11.7 Å². The number of esters is 1. The Morgan fingerprint density at radius 3 is 2.42 bits per heavy atom. The van der Waals surface area contributed by atoms with Gasteiger partial charge in [-0.2, -0.15) is 0 Å². The zero-order valence-electron chi connectivity index (χ0n) is 12.6. The molecule has 0 aromatic heterocycles. The highest BCUT2D eigenvalue weighted by Crippen LogP contribution is 2.18. The molecule has 0 fully saturated rings. The van der Waals surface area contributed by atoms with Crippen molar-refractivity contribution < 1.29 is 9.53 Å². The van der Waals surface area contributed by atoms with Crippen LogP contribution in [0.25, 0.3) is 0 Å². The molecule has 0 aliphatic rings. The summed E-state index contributed by atoms with van der Waals surface area (Å²) in [5.41, 5.74) is 8.83. The maximum Gasteiger partial charge on any atom is 0.311 e. The molecule has 19 heavy (non-hydrogen) atoms. The number of carbonyl (C=O) groups excluding carboxylic acids is 1. The molecule has 0 amide bonds. The Balaban J connectivity index is 2.79. The van der Waals surface area contributed by atoms with Gasteiger partial charge in [-0.3, -0.25) is 4.79 Å². The molecule has 1 unspecified atom stereocenters. The largest absolute Gasteiger partial charge is 0.460 e. The lowest BCUT2D eigenvalue weighted by Crippen LogP contribution is -2.33. The summed E-state index contributed by atoms with van der Waals surface area (Å²) in [6.45, 7) is 10.0. The first-order chi connectivity index (χ1) is 8.73. The highest BCUT2D eigenvalue weighted by Gasteiger charge is 2.24. The zero-order chi connectivity index (χ0) is 14.6. The predicted molar refractivity (Wildman–Crippen MR) is 78.0 cm³/mol. The summed E-state index contributed by atoms with van der Waals surface area (Å²) in [6.07, 6.45) is 0.636. The summed E-state index contributed by atoms with van der Waals surface area (Å²) in [6, 6.07) is 6.25. The minimum absolute atomic E-state index is 0.213. The lowest BCUT2D eigenvalue weighted by atomic mass is 9.95. The van der Waals surface area contributed by atoms with Crippen LogP contribution in [0.3, 0.4) is 0 Å². The van der Waals surface area contributed by atoms with Crippen LogP contribution in [-0.4, -0.2) is 18.1 Å². The fourth-order valence-electron chi connectivity index (χ4n) is 1.99. The molecular formula is C16H25NO2. The van der Waals surface area contributed by atoms with Gasteiger partial charge >= 0.3 is 5.97 Å². The highest BCUT2D eigenvalue weighted by molar-refractivity contribution is 5.73. The van der Waals surface area contributed by atoms with Gasteiger partial charge in [0.05, 0.1) is 5.92 Å². The fourth-order valence-corrected chi connectivity index (χ4v) is 1.99. The number of hydrogen-bond acceptors (Lipinski definition) is 3. The third kappa shape index (κ3) is 5.03.